The van der Waals surface area contributed by atoms with Crippen molar-refractivity contribution in [1.82, 2.24) is 19.7 Å². The maximum atomic E-state index is 5.94. The molecule has 0 saturated heterocycles. The van der Waals surface area contributed by atoms with E-state index >= 15 is 0 Å². The van der Waals surface area contributed by atoms with E-state index in [-0.39, 0.29) is 0 Å². The second-order valence-electron chi connectivity index (χ2n) is 4.27. The van der Waals surface area contributed by atoms with Gasteiger partial charge < -0.3 is 9.72 Å². The predicted molar refractivity (Wildman–Crippen MR) is 75.0 cm³/mol. The Labute approximate surface area is 116 Å². The molecule has 0 aliphatic carbocycles. The molecule has 0 bridgehead atoms. The Bertz CT molecular complexity index is 678. The molecular formula is C14H13ClN4. The van der Waals surface area contributed by atoms with E-state index in [2.05, 4.69) is 15.3 Å². The number of hydrogen-bond donors (Lipinski definition) is 1. The molecule has 1 N–H and O–H groups in total. The molecule has 0 fully saturated rings. The van der Waals surface area contributed by atoms with Crippen molar-refractivity contribution in [2.75, 3.05) is 0 Å². The van der Waals surface area contributed by atoms with Crippen LogP contribution in [0, 0.1) is 0 Å². The van der Waals surface area contributed by atoms with E-state index < -0.39 is 0 Å². The van der Waals surface area contributed by atoms with Crippen LogP contribution in [0.15, 0.2) is 48.9 Å². The first kappa shape index (κ1) is 12.1. The number of nitrogens with one attached hydrogen (secondary N) is 1. The van der Waals surface area contributed by atoms with Crippen LogP contribution >= 0.6 is 11.6 Å². The molecule has 0 atom stereocenters. The quantitative estimate of drug-likeness (QED) is 0.794. The highest BCUT2D eigenvalue weighted by Crippen LogP contribution is 2.11. The second kappa shape index (κ2) is 5.38. The molecular weight excluding hydrogens is 260 g/mol. The minimum Gasteiger partial charge on any atom is -0.305 e. The summed E-state index contributed by atoms with van der Waals surface area (Å²) in [6.07, 6.45) is 5.63. The van der Waals surface area contributed by atoms with Crippen LogP contribution in [-0.2, 0) is 13.1 Å². The molecule has 3 heterocycles. The van der Waals surface area contributed by atoms with Gasteiger partial charge in [-0.1, -0.05) is 17.7 Å². The monoisotopic (exact) mass is 272 g/mol. The van der Waals surface area contributed by atoms with Gasteiger partial charge in [0.15, 0.2) is 0 Å². The highest BCUT2D eigenvalue weighted by Gasteiger charge is 2.02. The summed E-state index contributed by atoms with van der Waals surface area (Å²) in [5.41, 5.74) is 2.91. The lowest BCUT2D eigenvalue weighted by Crippen LogP contribution is -2.13. The zero-order valence-corrected chi connectivity index (χ0v) is 11.0. The highest BCUT2D eigenvalue weighted by atomic mass is 35.5. The molecule has 0 spiro atoms. The zero-order valence-electron chi connectivity index (χ0n) is 10.3. The van der Waals surface area contributed by atoms with Gasteiger partial charge in [-0.15, -0.1) is 0 Å². The Morgan fingerprint density at radius 1 is 1.05 bits per heavy atom. The van der Waals surface area contributed by atoms with Crippen molar-refractivity contribution in [3.63, 3.8) is 0 Å². The summed E-state index contributed by atoms with van der Waals surface area (Å²) in [4.78, 5) is 8.77. The molecule has 0 aliphatic rings. The van der Waals surface area contributed by atoms with Crippen molar-refractivity contribution in [2.45, 2.75) is 13.1 Å². The number of rotatable bonds is 4. The summed E-state index contributed by atoms with van der Waals surface area (Å²) in [7, 11) is 0. The Balaban J connectivity index is 1.65. The van der Waals surface area contributed by atoms with Crippen LogP contribution in [-0.4, -0.2) is 14.4 Å². The minimum atomic E-state index is 0.704. The zero-order chi connectivity index (χ0) is 13.1. The fraction of sp³-hybridized carbons (Fsp3) is 0.143. The first-order valence-electron chi connectivity index (χ1n) is 6.05. The van der Waals surface area contributed by atoms with Crippen LogP contribution < -0.4 is 5.32 Å². The molecule has 3 aromatic rings. The van der Waals surface area contributed by atoms with E-state index in [1.807, 2.05) is 47.1 Å². The summed E-state index contributed by atoms with van der Waals surface area (Å²) in [5.74, 6) is 0. The second-order valence-corrected chi connectivity index (χ2v) is 4.71. The molecule has 3 aromatic heterocycles. The van der Waals surface area contributed by atoms with Crippen LogP contribution in [0.25, 0.3) is 5.65 Å². The largest absolute Gasteiger partial charge is 0.305 e. The normalized spacial score (nSPS) is 11.0. The van der Waals surface area contributed by atoms with Gasteiger partial charge in [0.25, 0.3) is 0 Å². The topological polar surface area (TPSA) is 42.2 Å². The lowest BCUT2D eigenvalue weighted by Gasteiger charge is -2.01. The van der Waals surface area contributed by atoms with Crippen molar-refractivity contribution in [3.8, 4) is 0 Å². The molecule has 0 radical (unpaired) electrons. The lowest BCUT2D eigenvalue weighted by atomic mass is 10.3. The highest BCUT2D eigenvalue weighted by molar-refractivity contribution is 6.30. The average molecular weight is 273 g/mol. The maximum Gasteiger partial charge on any atom is 0.137 e. The van der Waals surface area contributed by atoms with Gasteiger partial charge in [0.2, 0.25) is 0 Å². The molecule has 96 valence electrons. The molecule has 0 unspecified atom stereocenters. The fourth-order valence-electron chi connectivity index (χ4n) is 1.92. The fourth-order valence-corrected chi connectivity index (χ4v) is 2.09. The van der Waals surface area contributed by atoms with E-state index in [0.717, 1.165) is 23.6 Å². The Morgan fingerprint density at radius 3 is 2.79 bits per heavy atom. The Kier molecular flexibility index (Phi) is 3.44. The Hall–Kier alpha value is -1.91. The predicted octanol–water partition coefficient (Wildman–Crippen LogP) is 2.67. The van der Waals surface area contributed by atoms with Crippen LogP contribution in [0.3, 0.4) is 0 Å². The van der Waals surface area contributed by atoms with E-state index in [9.17, 15) is 0 Å². The third-order valence-electron chi connectivity index (χ3n) is 2.80. The van der Waals surface area contributed by atoms with E-state index in [1.165, 1.54) is 0 Å². The standard InChI is InChI=1S/C14H13ClN4/c15-11-4-5-14-18-13(10-19(14)9-11)8-16-7-12-3-1-2-6-17-12/h1-6,9-10,16H,7-8H2. The number of pyridine rings is 2. The number of hydrogen-bond acceptors (Lipinski definition) is 3. The van der Waals surface area contributed by atoms with Crippen LogP contribution in [0.4, 0.5) is 0 Å². The number of nitrogens with zero attached hydrogens (tertiary/aromatic N) is 3. The van der Waals surface area contributed by atoms with Crippen molar-refractivity contribution >= 4 is 17.2 Å². The van der Waals surface area contributed by atoms with Crippen molar-refractivity contribution < 1.29 is 0 Å². The van der Waals surface area contributed by atoms with Crippen molar-refractivity contribution in [1.29, 1.82) is 0 Å². The number of aromatic nitrogens is 3. The Morgan fingerprint density at radius 2 is 1.95 bits per heavy atom. The summed E-state index contributed by atoms with van der Waals surface area (Å²) >= 11 is 5.94. The number of halogens is 1. The summed E-state index contributed by atoms with van der Waals surface area (Å²) in [6.45, 7) is 1.44. The van der Waals surface area contributed by atoms with Crippen LogP contribution in [0.5, 0.6) is 0 Å². The SMILES string of the molecule is Clc1ccc2nc(CNCc3ccccn3)cn2c1. The van der Waals surface area contributed by atoms with Crippen molar-refractivity contribution in [2.24, 2.45) is 0 Å². The number of imidazole rings is 1. The molecule has 5 heteroatoms. The number of fused-ring (bicyclic) bond motifs is 1. The summed E-state index contributed by atoms with van der Waals surface area (Å²) in [5, 5.41) is 4.03. The van der Waals surface area contributed by atoms with E-state index in [0.29, 0.717) is 11.6 Å². The van der Waals surface area contributed by atoms with Crippen molar-refractivity contribution in [3.05, 3.63) is 65.3 Å². The van der Waals surface area contributed by atoms with Crippen LogP contribution in [0.2, 0.25) is 5.02 Å². The van der Waals surface area contributed by atoms with Gasteiger partial charge >= 0.3 is 0 Å². The average Bonchev–Trinajstić information content (AvgIpc) is 2.82. The molecule has 0 saturated carbocycles. The smallest absolute Gasteiger partial charge is 0.137 e. The molecule has 0 aliphatic heterocycles. The maximum absolute atomic E-state index is 5.94. The van der Waals surface area contributed by atoms with Gasteiger partial charge in [-0.05, 0) is 24.3 Å². The van der Waals surface area contributed by atoms with Gasteiger partial charge in [-0.3, -0.25) is 4.98 Å². The lowest BCUT2D eigenvalue weighted by molar-refractivity contribution is 0.670. The molecule has 19 heavy (non-hydrogen) atoms. The van der Waals surface area contributed by atoms with E-state index in [4.69, 9.17) is 11.6 Å². The first-order valence-corrected chi connectivity index (χ1v) is 6.43. The third-order valence-corrected chi connectivity index (χ3v) is 3.03. The molecule has 4 nitrogen and oxygen atoms in total. The van der Waals surface area contributed by atoms with Gasteiger partial charge in [0, 0.05) is 31.7 Å². The molecule has 0 aromatic carbocycles. The van der Waals surface area contributed by atoms with Crippen LogP contribution in [0.1, 0.15) is 11.4 Å². The summed E-state index contributed by atoms with van der Waals surface area (Å²) < 4.78 is 1.93. The molecule has 0 amide bonds. The van der Waals surface area contributed by atoms with Gasteiger partial charge in [0.05, 0.1) is 16.4 Å². The molecule has 3 rings (SSSR count). The van der Waals surface area contributed by atoms with Gasteiger partial charge in [-0.2, -0.15) is 0 Å². The summed E-state index contributed by atoms with van der Waals surface area (Å²) in [6, 6.07) is 9.64. The first-order chi connectivity index (χ1) is 9.31. The van der Waals surface area contributed by atoms with Gasteiger partial charge in [0.1, 0.15) is 5.65 Å². The minimum absolute atomic E-state index is 0.704. The van der Waals surface area contributed by atoms with Gasteiger partial charge in [-0.25, -0.2) is 4.98 Å². The van der Waals surface area contributed by atoms with E-state index in [1.54, 1.807) is 6.20 Å². The third kappa shape index (κ3) is 2.92.